The Balaban J connectivity index is 1.75. The summed E-state index contributed by atoms with van der Waals surface area (Å²) in [4.78, 5) is 16.9. The molecule has 3 rings (SSSR count). The molecule has 0 saturated heterocycles. The SMILES string of the molecule is C[C@@H](OCC1CC1)C(=O)N[C@@H](c1ccc(Cl)cc1)c1nccn1C. The van der Waals surface area contributed by atoms with Gasteiger partial charge < -0.3 is 14.6 Å². The number of carbonyl (C=O) groups excluding carboxylic acids is 1. The maximum Gasteiger partial charge on any atom is 0.249 e. The zero-order chi connectivity index (χ0) is 17.1. The van der Waals surface area contributed by atoms with Gasteiger partial charge in [-0.15, -0.1) is 0 Å². The number of aryl methyl sites for hydroxylation is 1. The van der Waals surface area contributed by atoms with Gasteiger partial charge >= 0.3 is 0 Å². The van der Waals surface area contributed by atoms with Crippen molar-refractivity contribution >= 4 is 17.5 Å². The zero-order valence-electron chi connectivity index (χ0n) is 13.9. The van der Waals surface area contributed by atoms with Crippen LogP contribution in [0.15, 0.2) is 36.7 Å². The van der Waals surface area contributed by atoms with E-state index in [-0.39, 0.29) is 11.9 Å². The number of nitrogens with one attached hydrogen (secondary N) is 1. The molecule has 2 aromatic rings. The molecule has 0 radical (unpaired) electrons. The van der Waals surface area contributed by atoms with Crippen LogP contribution in [0.3, 0.4) is 0 Å². The molecule has 1 aliphatic carbocycles. The molecule has 0 spiro atoms. The molecule has 1 amide bonds. The number of halogens is 1. The van der Waals surface area contributed by atoms with Crippen LogP contribution in [0.25, 0.3) is 0 Å². The first-order valence-corrected chi connectivity index (χ1v) is 8.57. The highest BCUT2D eigenvalue weighted by Crippen LogP contribution is 2.29. The van der Waals surface area contributed by atoms with E-state index in [0.717, 1.165) is 11.4 Å². The maximum absolute atomic E-state index is 12.5. The van der Waals surface area contributed by atoms with Gasteiger partial charge in [0.2, 0.25) is 5.91 Å². The zero-order valence-corrected chi connectivity index (χ0v) is 14.7. The molecule has 6 heteroatoms. The van der Waals surface area contributed by atoms with Crippen molar-refractivity contribution in [3.63, 3.8) is 0 Å². The Morgan fingerprint density at radius 2 is 2.12 bits per heavy atom. The van der Waals surface area contributed by atoms with E-state index in [1.54, 1.807) is 13.1 Å². The van der Waals surface area contributed by atoms with Crippen molar-refractivity contribution in [3.8, 4) is 0 Å². The lowest BCUT2D eigenvalue weighted by atomic mass is 10.1. The highest BCUT2D eigenvalue weighted by Gasteiger charge is 2.26. The Hall–Kier alpha value is -1.85. The van der Waals surface area contributed by atoms with Crippen molar-refractivity contribution in [2.24, 2.45) is 13.0 Å². The monoisotopic (exact) mass is 347 g/mol. The second-order valence-electron chi connectivity index (χ2n) is 6.31. The van der Waals surface area contributed by atoms with Crippen molar-refractivity contribution < 1.29 is 9.53 Å². The second-order valence-corrected chi connectivity index (χ2v) is 6.74. The van der Waals surface area contributed by atoms with Crippen molar-refractivity contribution in [2.75, 3.05) is 6.61 Å². The fraction of sp³-hybridized carbons (Fsp3) is 0.444. The van der Waals surface area contributed by atoms with Crippen LogP contribution in [0.5, 0.6) is 0 Å². The minimum atomic E-state index is -0.485. The molecule has 1 heterocycles. The van der Waals surface area contributed by atoms with E-state index in [1.165, 1.54) is 12.8 Å². The molecule has 2 atom stereocenters. The number of nitrogens with zero attached hydrogens (tertiary/aromatic N) is 2. The minimum Gasteiger partial charge on any atom is -0.368 e. The minimum absolute atomic E-state index is 0.140. The quantitative estimate of drug-likeness (QED) is 0.837. The summed E-state index contributed by atoms with van der Waals surface area (Å²) in [5, 5.41) is 3.71. The first-order valence-electron chi connectivity index (χ1n) is 8.19. The predicted octanol–water partition coefficient (Wildman–Crippen LogP) is 3.09. The van der Waals surface area contributed by atoms with E-state index >= 15 is 0 Å². The Morgan fingerprint density at radius 3 is 2.71 bits per heavy atom. The number of imidazole rings is 1. The van der Waals surface area contributed by atoms with Gasteiger partial charge in [0.25, 0.3) is 0 Å². The average molecular weight is 348 g/mol. The summed E-state index contributed by atoms with van der Waals surface area (Å²) in [5.74, 6) is 1.25. The molecule has 1 aromatic heterocycles. The molecule has 5 nitrogen and oxygen atoms in total. The van der Waals surface area contributed by atoms with Crippen LogP contribution in [0, 0.1) is 5.92 Å². The van der Waals surface area contributed by atoms with Gasteiger partial charge in [0.15, 0.2) is 0 Å². The first kappa shape index (κ1) is 17.0. The molecular weight excluding hydrogens is 326 g/mol. The summed E-state index contributed by atoms with van der Waals surface area (Å²) < 4.78 is 7.57. The summed E-state index contributed by atoms with van der Waals surface area (Å²) >= 11 is 5.98. The maximum atomic E-state index is 12.5. The van der Waals surface area contributed by atoms with Crippen LogP contribution in [0.4, 0.5) is 0 Å². The van der Waals surface area contributed by atoms with Gasteiger partial charge in [-0.1, -0.05) is 23.7 Å². The molecule has 24 heavy (non-hydrogen) atoms. The normalized spacial score (nSPS) is 16.6. The Morgan fingerprint density at radius 1 is 1.42 bits per heavy atom. The fourth-order valence-corrected chi connectivity index (χ4v) is 2.63. The number of benzene rings is 1. The smallest absolute Gasteiger partial charge is 0.249 e. The molecule has 0 bridgehead atoms. The molecule has 1 fully saturated rings. The summed E-state index contributed by atoms with van der Waals surface area (Å²) in [6.07, 6.45) is 5.50. The number of hydrogen-bond acceptors (Lipinski definition) is 3. The van der Waals surface area contributed by atoms with Crippen molar-refractivity contribution in [1.82, 2.24) is 14.9 Å². The average Bonchev–Trinajstić information content (AvgIpc) is 3.31. The van der Waals surface area contributed by atoms with Crippen LogP contribution in [-0.2, 0) is 16.6 Å². The van der Waals surface area contributed by atoms with Gasteiger partial charge in [-0.25, -0.2) is 4.98 Å². The number of amides is 1. The number of carbonyl (C=O) groups is 1. The summed E-state index contributed by atoms with van der Waals surface area (Å²) in [7, 11) is 1.91. The summed E-state index contributed by atoms with van der Waals surface area (Å²) in [6, 6.07) is 7.08. The van der Waals surface area contributed by atoms with Gasteiger partial charge in [-0.05, 0) is 43.4 Å². The summed E-state index contributed by atoms with van der Waals surface area (Å²) in [5.41, 5.74) is 0.927. The lowest BCUT2D eigenvalue weighted by Crippen LogP contribution is -2.38. The van der Waals surface area contributed by atoms with Gasteiger partial charge in [0.05, 0.1) is 6.61 Å². The van der Waals surface area contributed by atoms with Gasteiger partial charge in [-0.2, -0.15) is 0 Å². The van der Waals surface area contributed by atoms with Crippen molar-refractivity contribution in [2.45, 2.75) is 31.9 Å². The third-order valence-electron chi connectivity index (χ3n) is 4.25. The molecule has 1 aromatic carbocycles. The number of hydrogen-bond donors (Lipinski definition) is 1. The number of rotatable bonds is 7. The van der Waals surface area contributed by atoms with Gasteiger partial charge in [0, 0.05) is 24.5 Å². The topological polar surface area (TPSA) is 56.1 Å². The Labute approximate surface area is 147 Å². The molecular formula is C18H22ClN3O2. The van der Waals surface area contributed by atoms with Crippen molar-refractivity contribution in [1.29, 1.82) is 0 Å². The molecule has 1 N–H and O–H groups in total. The highest BCUT2D eigenvalue weighted by molar-refractivity contribution is 6.30. The Bertz CT molecular complexity index is 695. The molecule has 1 aliphatic rings. The van der Waals surface area contributed by atoms with E-state index in [4.69, 9.17) is 16.3 Å². The van der Waals surface area contributed by atoms with Gasteiger partial charge in [0.1, 0.15) is 18.0 Å². The lowest BCUT2D eigenvalue weighted by molar-refractivity contribution is -0.132. The van der Waals surface area contributed by atoms with Crippen LogP contribution in [0.2, 0.25) is 5.02 Å². The second kappa shape index (κ2) is 7.36. The molecule has 0 unspecified atom stereocenters. The highest BCUT2D eigenvalue weighted by atomic mass is 35.5. The first-order chi connectivity index (χ1) is 11.5. The van der Waals surface area contributed by atoms with Crippen LogP contribution in [0.1, 0.15) is 37.2 Å². The lowest BCUT2D eigenvalue weighted by Gasteiger charge is -2.21. The fourth-order valence-electron chi connectivity index (χ4n) is 2.51. The van der Waals surface area contributed by atoms with Crippen LogP contribution >= 0.6 is 11.6 Å². The molecule has 128 valence electrons. The molecule has 1 saturated carbocycles. The largest absolute Gasteiger partial charge is 0.368 e. The van der Waals surface area contributed by atoms with E-state index < -0.39 is 6.10 Å². The standard InChI is InChI=1S/C18H22ClN3O2/c1-12(24-11-13-3-4-13)18(23)21-16(17-20-9-10-22(17)2)14-5-7-15(19)8-6-14/h5-10,12-13,16H,3-4,11H2,1-2H3,(H,21,23)/t12-,16+/m1/s1. The van der Waals surface area contributed by atoms with E-state index in [2.05, 4.69) is 10.3 Å². The van der Waals surface area contributed by atoms with E-state index in [9.17, 15) is 4.79 Å². The van der Waals surface area contributed by atoms with E-state index in [0.29, 0.717) is 17.5 Å². The third kappa shape index (κ3) is 4.16. The number of aromatic nitrogens is 2. The molecule has 0 aliphatic heterocycles. The van der Waals surface area contributed by atoms with Crippen LogP contribution < -0.4 is 5.32 Å². The van der Waals surface area contributed by atoms with Crippen LogP contribution in [-0.4, -0.2) is 28.2 Å². The Kier molecular flexibility index (Phi) is 5.21. The van der Waals surface area contributed by atoms with Crippen molar-refractivity contribution in [3.05, 3.63) is 53.1 Å². The third-order valence-corrected chi connectivity index (χ3v) is 4.51. The predicted molar refractivity (Wildman–Crippen MR) is 92.8 cm³/mol. The van der Waals surface area contributed by atoms with E-state index in [1.807, 2.05) is 42.1 Å². The number of ether oxygens (including phenoxy) is 1. The van der Waals surface area contributed by atoms with Gasteiger partial charge in [-0.3, -0.25) is 4.79 Å². The summed E-state index contributed by atoms with van der Waals surface area (Å²) in [6.45, 7) is 2.44.